The second-order valence-corrected chi connectivity index (χ2v) is 2.57. The van der Waals surface area contributed by atoms with Crippen molar-refractivity contribution in [3.05, 3.63) is 48.6 Å². The Bertz CT molecular complexity index is 321. The number of allylic oxidation sites excluding steroid dienone is 6. The SMILES string of the molecule is C/C=C/C=C/C(=O)OOC(=O)/C=C/C=C/C.[H-].[H-].[K+].[Na+]. The molecule has 0 aromatic heterocycles. The van der Waals surface area contributed by atoms with Crippen molar-refractivity contribution in [2.45, 2.75) is 13.8 Å². The van der Waals surface area contributed by atoms with Gasteiger partial charge in [0.2, 0.25) is 0 Å². The van der Waals surface area contributed by atoms with Gasteiger partial charge in [-0.3, -0.25) is 0 Å². The first kappa shape index (κ1) is 23.6. The van der Waals surface area contributed by atoms with Gasteiger partial charge in [0.25, 0.3) is 0 Å². The van der Waals surface area contributed by atoms with Gasteiger partial charge in [0.05, 0.1) is 0 Å². The van der Waals surface area contributed by atoms with E-state index in [0.29, 0.717) is 0 Å². The molecule has 90 valence electrons. The summed E-state index contributed by atoms with van der Waals surface area (Å²) in [4.78, 5) is 30.2. The van der Waals surface area contributed by atoms with Crippen molar-refractivity contribution in [3.8, 4) is 0 Å². The molecule has 0 aromatic carbocycles. The Balaban J connectivity index is -0.000000187. The van der Waals surface area contributed by atoms with E-state index in [1.165, 1.54) is 12.2 Å². The van der Waals surface area contributed by atoms with Gasteiger partial charge < -0.3 is 2.85 Å². The molecule has 0 N–H and O–H groups in total. The molecule has 0 spiro atoms. The van der Waals surface area contributed by atoms with Crippen molar-refractivity contribution in [1.29, 1.82) is 0 Å². The summed E-state index contributed by atoms with van der Waals surface area (Å²) < 4.78 is 0. The van der Waals surface area contributed by atoms with Crippen LogP contribution in [0.4, 0.5) is 0 Å². The molecule has 0 saturated carbocycles. The van der Waals surface area contributed by atoms with Crippen LogP contribution >= 0.6 is 0 Å². The van der Waals surface area contributed by atoms with Gasteiger partial charge in [0.15, 0.2) is 0 Å². The van der Waals surface area contributed by atoms with E-state index in [2.05, 4.69) is 9.78 Å². The van der Waals surface area contributed by atoms with Gasteiger partial charge in [0.1, 0.15) is 0 Å². The monoisotopic (exact) mass is 286 g/mol. The predicted octanol–water partition coefficient (Wildman–Crippen LogP) is -3.51. The zero-order valence-electron chi connectivity index (χ0n) is 13.3. The van der Waals surface area contributed by atoms with E-state index in [1.807, 2.05) is 13.8 Å². The number of carbonyl (C=O) groups excluding carboxylic acids is 2. The fourth-order valence-corrected chi connectivity index (χ4v) is 0.628. The van der Waals surface area contributed by atoms with Crippen molar-refractivity contribution in [2.75, 3.05) is 0 Å². The zero-order chi connectivity index (χ0) is 12.2. The van der Waals surface area contributed by atoms with Gasteiger partial charge in [-0.2, -0.15) is 0 Å². The number of rotatable bonds is 4. The smallest absolute Gasteiger partial charge is 1.00 e. The molecular weight excluding hydrogens is 270 g/mol. The van der Waals surface area contributed by atoms with Crippen LogP contribution in [0, 0.1) is 0 Å². The van der Waals surface area contributed by atoms with E-state index < -0.39 is 11.9 Å². The summed E-state index contributed by atoms with van der Waals surface area (Å²) in [7, 11) is 0. The Kier molecular flexibility index (Phi) is 23.0. The fraction of sp³-hybridized carbons (Fsp3) is 0.167. The average Bonchev–Trinajstić information content (AvgIpc) is 2.27. The minimum atomic E-state index is -0.745. The van der Waals surface area contributed by atoms with Crippen LogP contribution in [-0.2, 0) is 19.4 Å². The number of hydrogen-bond donors (Lipinski definition) is 0. The number of hydrogen-bond acceptors (Lipinski definition) is 4. The van der Waals surface area contributed by atoms with Gasteiger partial charge in [-0.15, -0.1) is 0 Å². The van der Waals surface area contributed by atoms with Crippen molar-refractivity contribution in [1.82, 2.24) is 0 Å². The summed E-state index contributed by atoms with van der Waals surface area (Å²) >= 11 is 0. The van der Waals surface area contributed by atoms with Crippen LogP contribution in [0.25, 0.3) is 0 Å². The largest absolute Gasteiger partial charge is 1.00 e. The molecule has 0 aliphatic rings. The van der Waals surface area contributed by atoms with Crippen molar-refractivity contribution in [3.63, 3.8) is 0 Å². The number of carbonyl (C=O) groups is 2. The summed E-state index contributed by atoms with van der Waals surface area (Å²) in [6, 6.07) is 0. The summed E-state index contributed by atoms with van der Waals surface area (Å²) in [5.74, 6) is -1.49. The molecule has 0 amide bonds. The van der Waals surface area contributed by atoms with Crippen molar-refractivity contribution < 1.29 is 103 Å². The maximum atomic E-state index is 10.9. The Labute approximate surface area is 175 Å². The van der Waals surface area contributed by atoms with Gasteiger partial charge in [-0.25, -0.2) is 19.4 Å². The molecular formula is C12H16KNaO4. The molecule has 0 saturated heterocycles. The first-order chi connectivity index (χ1) is 7.70. The molecule has 0 heterocycles. The van der Waals surface area contributed by atoms with Gasteiger partial charge in [0, 0.05) is 12.2 Å². The van der Waals surface area contributed by atoms with E-state index in [4.69, 9.17) is 0 Å². The third-order valence-electron chi connectivity index (χ3n) is 1.28. The molecule has 0 bridgehead atoms. The summed E-state index contributed by atoms with van der Waals surface area (Å²) in [6.07, 6.45) is 12.0. The Morgan fingerprint density at radius 2 is 1.17 bits per heavy atom. The zero-order valence-corrected chi connectivity index (χ0v) is 16.4. The molecule has 6 heteroatoms. The van der Waals surface area contributed by atoms with Crippen LogP contribution in [-0.4, -0.2) is 11.9 Å². The van der Waals surface area contributed by atoms with Gasteiger partial charge in [-0.05, 0) is 13.8 Å². The Hall–Kier alpha value is 0.536. The molecule has 0 rings (SSSR count). The van der Waals surface area contributed by atoms with Crippen LogP contribution in [0.15, 0.2) is 48.6 Å². The maximum absolute atomic E-state index is 10.9. The fourth-order valence-electron chi connectivity index (χ4n) is 0.628. The molecule has 0 aliphatic heterocycles. The van der Waals surface area contributed by atoms with Crippen LogP contribution in [0.5, 0.6) is 0 Å². The summed E-state index contributed by atoms with van der Waals surface area (Å²) in [5, 5.41) is 0. The van der Waals surface area contributed by atoms with E-state index >= 15 is 0 Å². The summed E-state index contributed by atoms with van der Waals surface area (Å²) in [5.41, 5.74) is 0. The first-order valence-corrected chi connectivity index (χ1v) is 4.72. The summed E-state index contributed by atoms with van der Waals surface area (Å²) in [6.45, 7) is 3.61. The maximum Gasteiger partial charge on any atom is 1.00 e. The first-order valence-electron chi connectivity index (χ1n) is 4.72. The van der Waals surface area contributed by atoms with Crippen molar-refractivity contribution in [2.24, 2.45) is 0 Å². The quantitative estimate of drug-likeness (QED) is 0.177. The standard InChI is InChI=1S/C12H14O4.K.Na.2H/c1-3-5-7-9-11(13)15-16-12(14)10-8-6-4-2;;;;/h3-10H,1-2H3;;;;/q;2*+1;2*-1/b5-3+,6-4+,9-7+,10-8+;;;;. The molecule has 18 heavy (non-hydrogen) atoms. The average molecular weight is 286 g/mol. The van der Waals surface area contributed by atoms with Crippen LogP contribution in [0.1, 0.15) is 16.7 Å². The van der Waals surface area contributed by atoms with Gasteiger partial charge in [-0.1, -0.05) is 36.5 Å². The van der Waals surface area contributed by atoms with Crippen LogP contribution in [0.2, 0.25) is 0 Å². The van der Waals surface area contributed by atoms with Gasteiger partial charge >= 0.3 is 92.9 Å². The minimum absolute atomic E-state index is 0. The normalized spacial score (nSPS) is 10.6. The second kappa shape index (κ2) is 17.5. The predicted molar refractivity (Wildman–Crippen MR) is 62.3 cm³/mol. The molecule has 4 nitrogen and oxygen atoms in total. The molecule has 0 fully saturated rings. The Morgan fingerprint density at radius 1 is 0.833 bits per heavy atom. The van der Waals surface area contributed by atoms with Crippen LogP contribution in [0.3, 0.4) is 0 Å². The molecule has 0 aliphatic carbocycles. The van der Waals surface area contributed by atoms with E-state index in [1.54, 1.807) is 24.3 Å². The Morgan fingerprint density at radius 3 is 1.44 bits per heavy atom. The van der Waals surface area contributed by atoms with Crippen LogP contribution < -0.4 is 80.9 Å². The molecule has 0 aromatic rings. The van der Waals surface area contributed by atoms with Crippen molar-refractivity contribution >= 4 is 11.9 Å². The van der Waals surface area contributed by atoms with E-state index in [-0.39, 0.29) is 83.8 Å². The van der Waals surface area contributed by atoms with E-state index in [9.17, 15) is 9.59 Å². The molecule has 0 atom stereocenters. The third-order valence-corrected chi connectivity index (χ3v) is 1.28. The third kappa shape index (κ3) is 16.5. The molecule has 0 unspecified atom stereocenters. The van der Waals surface area contributed by atoms with E-state index in [0.717, 1.165) is 12.2 Å². The second-order valence-electron chi connectivity index (χ2n) is 2.57. The minimum Gasteiger partial charge on any atom is -1.00 e. The molecule has 0 radical (unpaired) electrons. The topological polar surface area (TPSA) is 52.6 Å².